The zero-order valence-corrected chi connectivity index (χ0v) is 28.6. The largest absolute Gasteiger partial charge is 0.481 e. The molecule has 0 aromatic heterocycles. The maximum absolute atomic E-state index is 15.4. The normalized spacial score (nSPS) is 43.0. The topological polar surface area (TPSA) is 109 Å². The minimum atomic E-state index is -0.752. The molecule has 8 nitrogen and oxygen atoms in total. The predicted octanol–water partition coefficient (Wildman–Crippen LogP) is 8.04. The van der Waals surface area contributed by atoms with Gasteiger partial charge in [-0.05, 0) is 117 Å². The van der Waals surface area contributed by atoms with Gasteiger partial charge in [-0.2, -0.15) is 5.11 Å². The van der Waals surface area contributed by atoms with Crippen LogP contribution >= 0.6 is 0 Å². The van der Waals surface area contributed by atoms with E-state index in [0.717, 1.165) is 64.3 Å². The minimum Gasteiger partial charge on any atom is -0.481 e. The smallest absolute Gasteiger partial charge is 0.303 e. The molecule has 0 aromatic carbocycles. The number of carboxylic acids is 1. The van der Waals surface area contributed by atoms with Crippen molar-refractivity contribution in [2.24, 2.45) is 62.1 Å². The van der Waals surface area contributed by atoms with Crippen molar-refractivity contribution >= 4 is 17.7 Å². The van der Waals surface area contributed by atoms with Crippen LogP contribution in [0.2, 0.25) is 0 Å². The van der Waals surface area contributed by atoms with Gasteiger partial charge in [0, 0.05) is 18.8 Å². The summed E-state index contributed by atoms with van der Waals surface area (Å²) < 4.78 is 5.91. The van der Waals surface area contributed by atoms with Crippen LogP contribution in [0.25, 0.3) is 0 Å². The summed E-state index contributed by atoms with van der Waals surface area (Å²) in [6.45, 7) is 11.5. The number of unbranched alkanes of at least 4 members (excludes halogenated alkanes) is 3. The lowest BCUT2D eigenvalue weighted by atomic mass is 9.37. The molecule has 6 aliphatic rings. The molecule has 5 saturated carbocycles. The third kappa shape index (κ3) is 5.56. The summed E-state index contributed by atoms with van der Waals surface area (Å²) in [4.78, 5) is 39.0. The minimum absolute atomic E-state index is 0.0272. The van der Waals surface area contributed by atoms with E-state index in [1.165, 1.54) is 39.0 Å². The van der Waals surface area contributed by atoms with E-state index in [1.807, 2.05) is 0 Å². The molecule has 0 saturated heterocycles. The maximum atomic E-state index is 15.4. The van der Waals surface area contributed by atoms with Crippen LogP contribution in [0.4, 0.5) is 0 Å². The summed E-state index contributed by atoms with van der Waals surface area (Å²) in [5.74, 6) is 1.44. The molecule has 0 aromatic rings. The van der Waals surface area contributed by atoms with Crippen LogP contribution in [0.15, 0.2) is 10.3 Å². The Balaban J connectivity index is 1.36. The molecular weight excluding hydrogens is 566 g/mol. The van der Waals surface area contributed by atoms with Crippen LogP contribution in [0.1, 0.15) is 137 Å². The molecule has 0 amide bonds. The first-order valence-electron chi connectivity index (χ1n) is 18.6. The number of carbonyl (C=O) groups excluding carboxylic acids is 2. The van der Waals surface area contributed by atoms with Gasteiger partial charge in [0.05, 0.1) is 12.6 Å². The Morgan fingerprint density at radius 3 is 2.53 bits per heavy atom. The van der Waals surface area contributed by atoms with Gasteiger partial charge in [-0.1, -0.05) is 58.6 Å². The van der Waals surface area contributed by atoms with Gasteiger partial charge in [0.25, 0.3) is 0 Å². The summed E-state index contributed by atoms with van der Waals surface area (Å²) in [7, 11) is 0. The van der Waals surface area contributed by atoms with E-state index in [2.05, 4.69) is 32.7 Å². The van der Waals surface area contributed by atoms with Gasteiger partial charge >= 0.3 is 11.9 Å². The van der Waals surface area contributed by atoms with Crippen molar-refractivity contribution in [3.05, 3.63) is 0 Å². The quantitative estimate of drug-likeness (QED) is 0.174. The molecule has 0 bridgehead atoms. The molecule has 11 atom stereocenters. The molecule has 5 fully saturated rings. The van der Waals surface area contributed by atoms with Gasteiger partial charge in [0.1, 0.15) is 12.1 Å². The van der Waals surface area contributed by atoms with Crippen molar-refractivity contribution in [2.45, 2.75) is 156 Å². The highest BCUT2D eigenvalue weighted by Gasteiger charge is 2.73. The molecule has 1 N–H and O–H groups in total. The summed E-state index contributed by atoms with van der Waals surface area (Å²) in [6, 6.07) is -0.140. The van der Waals surface area contributed by atoms with Crippen LogP contribution in [-0.2, 0) is 19.1 Å². The van der Waals surface area contributed by atoms with E-state index >= 15 is 4.79 Å². The van der Waals surface area contributed by atoms with E-state index in [4.69, 9.17) is 15.1 Å². The lowest BCUT2D eigenvalue weighted by molar-refractivity contribution is -0.212. The molecular formula is C37H59N3O5. The van der Waals surface area contributed by atoms with Crippen LogP contribution in [0.3, 0.4) is 0 Å². The molecule has 6 rings (SSSR count). The molecule has 1 heterocycles. The number of Topliss-reactive ketones (excluding diaryl/α,β-unsaturated/α-hetero) is 1. The van der Waals surface area contributed by atoms with Crippen molar-refractivity contribution in [3.8, 4) is 0 Å². The van der Waals surface area contributed by atoms with Crippen LogP contribution in [0, 0.1) is 51.8 Å². The van der Waals surface area contributed by atoms with Crippen molar-refractivity contribution in [1.29, 1.82) is 0 Å². The van der Waals surface area contributed by atoms with Crippen molar-refractivity contribution < 1.29 is 24.2 Å². The van der Waals surface area contributed by atoms with E-state index in [9.17, 15) is 14.7 Å². The second-order valence-electron chi connectivity index (χ2n) is 16.7. The molecule has 11 unspecified atom stereocenters. The number of fused-ring (bicyclic) bond motifs is 5. The maximum Gasteiger partial charge on any atom is 0.303 e. The highest BCUT2D eigenvalue weighted by molar-refractivity contribution is 5.92. The molecule has 252 valence electrons. The summed E-state index contributed by atoms with van der Waals surface area (Å²) in [5.41, 5.74) is -0.414. The molecule has 45 heavy (non-hydrogen) atoms. The van der Waals surface area contributed by atoms with Gasteiger partial charge in [0.15, 0.2) is 5.78 Å². The van der Waals surface area contributed by atoms with Crippen LogP contribution < -0.4 is 0 Å². The molecule has 8 heteroatoms. The predicted molar refractivity (Wildman–Crippen MR) is 172 cm³/mol. The number of carboxylic acid groups (broad SMARTS) is 1. The van der Waals surface area contributed by atoms with Crippen LogP contribution in [-0.4, -0.2) is 52.6 Å². The zero-order chi connectivity index (χ0) is 32.1. The van der Waals surface area contributed by atoms with Gasteiger partial charge in [-0.3, -0.25) is 19.4 Å². The fraction of sp³-hybridized carbons (Fsp3) is 0.919. The standard InChI is InChI=1S/C37H59N3O5/c1-6-7-8-9-10-26-22-40(39-38-26)33-32-28(30-15-14-29(36(30,5)34(33)44)23(2)11-16-31(42)43)18-20-37(25-12-13-25)21-27(45-24(3)41)17-19-35(32,37)4/h23,25-30,32-33H,6-22H2,1-5H3,(H,42,43). The van der Waals surface area contributed by atoms with Gasteiger partial charge < -0.3 is 9.84 Å². The summed E-state index contributed by atoms with van der Waals surface area (Å²) in [6.07, 6.45) is 16.2. The Hall–Kier alpha value is -1.99. The highest BCUT2D eigenvalue weighted by Crippen LogP contribution is 2.75. The zero-order valence-electron chi connectivity index (χ0n) is 28.6. The van der Waals surface area contributed by atoms with Gasteiger partial charge in [-0.25, -0.2) is 0 Å². The first kappa shape index (κ1) is 32.9. The van der Waals surface area contributed by atoms with E-state index in [1.54, 1.807) is 0 Å². The average Bonchev–Trinajstić information content (AvgIpc) is 3.65. The first-order chi connectivity index (χ1) is 21.5. The van der Waals surface area contributed by atoms with E-state index in [-0.39, 0.29) is 59.2 Å². The lowest BCUT2D eigenvalue weighted by Crippen LogP contribution is -2.69. The van der Waals surface area contributed by atoms with E-state index < -0.39 is 11.4 Å². The van der Waals surface area contributed by atoms with Crippen molar-refractivity contribution in [2.75, 3.05) is 6.54 Å². The Labute approximate surface area is 270 Å². The summed E-state index contributed by atoms with van der Waals surface area (Å²) in [5, 5.41) is 21.3. The second-order valence-corrected chi connectivity index (χ2v) is 16.7. The number of hydrogen-bond acceptors (Lipinski definition) is 7. The number of rotatable bonds is 12. The van der Waals surface area contributed by atoms with Crippen LogP contribution in [0.5, 0.6) is 0 Å². The van der Waals surface area contributed by atoms with Crippen molar-refractivity contribution in [1.82, 2.24) is 5.01 Å². The first-order valence-corrected chi connectivity index (χ1v) is 18.6. The third-order valence-corrected chi connectivity index (χ3v) is 14.5. The molecule has 0 radical (unpaired) electrons. The second kappa shape index (κ2) is 12.6. The Bertz CT molecular complexity index is 1170. The third-order valence-electron chi connectivity index (χ3n) is 14.5. The van der Waals surface area contributed by atoms with Gasteiger partial charge in [-0.15, -0.1) is 0 Å². The number of nitrogens with zero attached hydrogens (tertiary/aromatic N) is 3. The fourth-order valence-corrected chi connectivity index (χ4v) is 12.3. The Morgan fingerprint density at radius 2 is 1.84 bits per heavy atom. The molecule has 1 aliphatic heterocycles. The van der Waals surface area contributed by atoms with Gasteiger partial charge in [0.2, 0.25) is 0 Å². The number of aliphatic carboxylic acids is 1. The summed E-state index contributed by atoms with van der Waals surface area (Å²) >= 11 is 0. The monoisotopic (exact) mass is 625 g/mol. The van der Waals surface area contributed by atoms with Crippen molar-refractivity contribution in [3.63, 3.8) is 0 Å². The molecule has 5 aliphatic carbocycles. The SMILES string of the molecule is CCCCCCC1CN(C2C(=O)C3(C)C(C(C)CCC(=O)O)CCC3C3CCC4(C5CC5)CC(OC(C)=O)CCC4(C)C32)N=N1. The Morgan fingerprint density at radius 1 is 1.07 bits per heavy atom. The lowest BCUT2D eigenvalue weighted by Gasteiger charge is -2.68. The number of hydrogen-bond donors (Lipinski definition) is 1. The number of esters is 1. The average molecular weight is 626 g/mol. The highest BCUT2D eigenvalue weighted by atomic mass is 16.5. The number of ether oxygens (including phenoxy) is 1. The fourth-order valence-electron chi connectivity index (χ4n) is 12.3. The molecule has 0 spiro atoms. The Kier molecular flexibility index (Phi) is 9.19. The van der Waals surface area contributed by atoms with E-state index in [0.29, 0.717) is 30.0 Å². The number of carbonyl (C=O) groups is 3. The number of ketones is 1.